The lowest BCUT2D eigenvalue weighted by Crippen LogP contribution is -1.98. The van der Waals surface area contributed by atoms with Crippen molar-refractivity contribution in [2.75, 3.05) is 14.2 Å². The molecule has 0 fully saturated rings. The van der Waals surface area contributed by atoms with Crippen LogP contribution in [0.2, 0.25) is 0 Å². The fraction of sp³-hybridized carbons (Fsp3) is 0.412. The maximum Gasteiger partial charge on any atom is 0.126 e. The third kappa shape index (κ3) is 2.88. The van der Waals surface area contributed by atoms with E-state index in [0.29, 0.717) is 0 Å². The number of hydrogen-bond donors (Lipinski definition) is 1. The topological polar surface area (TPSA) is 38.7 Å². The van der Waals surface area contributed by atoms with Gasteiger partial charge in [0.15, 0.2) is 0 Å². The van der Waals surface area contributed by atoms with Gasteiger partial charge in [0.2, 0.25) is 0 Å². The van der Waals surface area contributed by atoms with Gasteiger partial charge in [-0.3, -0.25) is 0 Å². The Morgan fingerprint density at radius 3 is 2.25 bits per heavy atom. The van der Waals surface area contributed by atoms with E-state index < -0.39 is 6.10 Å². The lowest BCUT2D eigenvalue weighted by Gasteiger charge is -2.14. The first-order valence-corrected chi connectivity index (χ1v) is 7.04. The molecule has 1 unspecified atom stereocenters. The standard InChI is InChI=1S/C17H22O3/c1-4-5-6-15(18)12-7-8-13-14(11-12)17(20-3)10-9-16(13)19-2/h7-11,15,18H,4-6H2,1-3H3. The molecule has 20 heavy (non-hydrogen) atoms. The lowest BCUT2D eigenvalue weighted by atomic mass is 9.99. The highest BCUT2D eigenvalue weighted by molar-refractivity contribution is 5.93. The molecule has 108 valence electrons. The highest BCUT2D eigenvalue weighted by Crippen LogP contribution is 2.35. The Hall–Kier alpha value is -1.74. The molecule has 0 aliphatic rings. The second-order valence-corrected chi connectivity index (χ2v) is 4.93. The Kier molecular flexibility index (Phi) is 4.85. The summed E-state index contributed by atoms with van der Waals surface area (Å²) in [6, 6.07) is 9.74. The van der Waals surface area contributed by atoms with Gasteiger partial charge in [-0.1, -0.05) is 31.9 Å². The number of ether oxygens (including phenoxy) is 2. The van der Waals surface area contributed by atoms with Crippen molar-refractivity contribution in [2.45, 2.75) is 32.3 Å². The second-order valence-electron chi connectivity index (χ2n) is 4.93. The molecule has 0 heterocycles. The first-order chi connectivity index (χ1) is 9.71. The molecule has 1 N–H and O–H groups in total. The van der Waals surface area contributed by atoms with Crippen LogP contribution < -0.4 is 9.47 Å². The summed E-state index contributed by atoms with van der Waals surface area (Å²) < 4.78 is 10.8. The number of hydrogen-bond acceptors (Lipinski definition) is 3. The minimum absolute atomic E-state index is 0.421. The number of unbranched alkanes of at least 4 members (excludes halogenated alkanes) is 1. The molecule has 0 aliphatic carbocycles. The van der Waals surface area contributed by atoms with Crippen LogP contribution >= 0.6 is 0 Å². The van der Waals surface area contributed by atoms with E-state index in [9.17, 15) is 5.11 Å². The molecule has 2 aromatic rings. The Balaban J connectivity index is 2.46. The molecular weight excluding hydrogens is 252 g/mol. The molecule has 3 heteroatoms. The number of aliphatic hydroxyl groups is 1. The Morgan fingerprint density at radius 1 is 1.00 bits per heavy atom. The van der Waals surface area contributed by atoms with Crippen LogP contribution in [0.15, 0.2) is 30.3 Å². The molecule has 0 saturated carbocycles. The van der Waals surface area contributed by atoms with E-state index in [1.807, 2.05) is 30.3 Å². The molecule has 0 bridgehead atoms. The van der Waals surface area contributed by atoms with Gasteiger partial charge >= 0.3 is 0 Å². The van der Waals surface area contributed by atoms with Gasteiger partial charge in [0, 0.05) is 10.8 Å². The van der Waals surface area contributed by atoms with Crippen molar-refractivity contribution in [3.05, 3.63) is 35.9 Å². The largest absolute Gasteiger partial charge is 0.496 e. The SMILES string of the molecule is CCCCC(O)c1ccc2c(OC)ccc(OC)c2c1. The molecule has 0 amide bonds. The lowest BCUT2D eigenvalue weighted by molar-refractivity contribution is 0.164. The van der Waals surface area contributed by atoms with Crippen LogP contribution in [-0.2, 0) is 0 Å². The third-order valence-corrected chi connectivity index (χ3v) is 3.62. The Labute approximate surface area is 120 Å². The highest BCUT2D eigenvalue weighted by atomic mass is 16.5. The predicted octanol–water partition coefficient (Wildman–Crippen LogP) is 4.08. The fourth-order valence-electron chi connectivity index (χ4n) is 2.44. The average molecular weight is 274 g/mol. The summed E-state index contributed by atoms with van der Waals surface area (Å²) in [5.41, 5.74) is 0.928. The number of rotatable bonds is 6. The summed E-state index contributed by atoms with van der Waals surface area (Å²) in [7, 11) is 3.31. The van der Waals surface area contributed by atoms with Gasteiger partial charge in [-0.05, 0) is 30.2 Å². The van der Waals surface area contributed by atoms with E-state index in [1.54, 1.807) is 14.2 Å². The van der Waals surface area contributed by atoms with Crippen molar-refractivity contribution in [1.29, 1.82) is 0 Å². The zero-order valence-electron chi connectivity index (χ0n) is 12.3. The van der Waals surface area contributed by atoms with Crippen LogP contribution in [0.4, 0.5) is 0 Å². The molecule has 0 aromatic heterocycles. The molecule has 0 spiro atoms. The Bertz CT molecular complexity index is 578. The zero-order chi connectivity index (χ0) is 14.5. The van der Waals surface area contributed by atoms with E-state index >= 15 is 0 Å². The van der Waals surface area contributed by atoms with Crippen LogP contribution in [0.25, 0.3) is 10.8 Å². The second kappa shape index (κ2) is 6.62. The first kappa shape index (κ1) is 14.7. The fourth-order valence-corrected chi connectivity index (χ4v) is 2.44. The van der Waals surface area contributed by atoms with Crippen molar-refractivity contribution < 1.29 is 14.6 Å². The minimum Gasteiger partial charge on any atom is -0.496 e. The van der Waals surface area contributed by atoms with E-state index in [2.05, 4.69) is 6.92 Å². The van der Waals surface area contributed by atoms with E-state index in [0.717, 1.165) is 47.1 Å². The molecule has 0 radical (unpaired) electrons. The summed E-state index contributed by atoms with van der Waals surface area (Å²) >= 11 is 0. The van der Waals surface area contributed by atoms with Gasteiger partial charge in [-0.25, -0.2) is 0 Å². The summed E-state index contributed by atoms with van der Waals surface area (Å²) in [6.07, 6.45) is 2.47. The van der Waals surface area contributed by atoms with Crippen molar-refractivity contribution in [3.8, 4) is 11.5 Å². The normalized spacial score (nSPS) is 12.4. The van der Waals surface area contributed by atoms with Gasteiger partial charge in [-0.2, -0.15) is 0 Å². The molecule has 0 saturated heterocycles. The van der Waals surface area contributed by atoms with Crippen LogP contribution in [0.5, 0.6) is 11.5 Å². The van der Waals surface area contributed by atoms with E-state index in [4.69, 9.17) is 9.47 Å². The molecule has 3 nitrogen and oxygen atoms in total. The predicted molar refractivity (Wildman–Crippen MR) is 81.5 cm³/mol. The van der Waals surface area contributed by atoms with Crippen molar-refractivity contribution >= 4 is 10.8 Å². The van der Waals surface area contributed by atoms with E-state index in [-0.39, 0.29) is 0 Å². The van der Waals surface area contributed by atoms with Gasteiger partial charge in [0.1, 0.15) is 11.5 Å². The van der Waals surface area contributed by atoms with Gasteiger partial charge < -0.3 is 14.6 Å². The molecule has 2 rings (SSSR count). The van der Waals surface area contributed by atoms with Crippen LogP contribution in [-0.4, -0.2) is 19.3 Å². The summed E-state index contributed by atoms with van der Waals surface area (Å²) in [6.45, 7) is 2.13. The van der Waals surface area contributed by atoms with Crippen molar-refractivity contribution in [2.24, 2.45) is 0 Å². The zero-order valence-corrected chi connectivity index (χ0v) is 12.3. The average Bonchev–Trinajstić information content (AvgIpc) is 2.50. The maximum atomic E-state index is 10.2. The Morgan fingerprint density at radius 2 is 1.65 bits per heavy atom. The molecular formula is C17H22O3. The quantitative estimate of drug-likeness (QED) is 0.862. The van der Waals surface area contributed by atoms with Crippen LogP contribution in [0.3, 0.4) is 0 Å². The number of benzene rings is 2. The minimum atomic E-state index is -0.421. The summed E-state index contributed by atoms with van der Waals surface area (Å²) in [5, 5.41) is 12.2. The third-order valence-electron chi connectivity index (χ3n) is 3.62. The molecule has 0 aliphatic heterocycles. The smallest absolute Gasteiger partial charge is 0.126 e. The van der Waals surface area contributed by atoms with Gasteiger partial charge in [0.05, 0.1) is 20.3 Å². The first-order valence-electron chi connectivity index (χ1n) is 7.04. The molecule has 1 atom stereocenters. The summed E-state index contributed by atoms with van der Waals surface area (Å²) in [5.74, 6) is 1.61. The van der Waals surface area contributed by atoms with E-state index in [1.165, 1.54) is 0 Å². The van der Waals surface area contributed by atoms with Crippen LogP contribution in [0, 0.1) is 0 Å². The van der Waals surface area contributed by atoms with Gasteiger partial charge in [0.25, 0.3) is 0 Å². The van der Waals surface area contributed by atoms with Crippen LogP contribution in [0.1, 0.15) is 37.9 Å². The van der Waals surface area contributed by atoms with Gasteiger partial charge in [-0.15, -0.1) is 0 Å². The maximum absolute atomic E-state index is 10.2. The summed E-state index contributed by atoms with van der Waals surface area (Å²) in [4.78, 5) is 0. The number of fused-ring (bicyclic) bond motifs is 1. The van der Waals surface area contributed by atoms with Crippen molar-refractivity contribution in [3.63, 3.8) is 0 Å². The number of aliphatic hydroxyl groups excluding tert-OH is 1. The van der Waals surface area contributed by atoms with Crippen molar-refractivity contribution in [1.82, 2.24) is 0 Å². The highest BCUT2D eigenvalue weighted by Gasteiger charge is 2.12. The molecule has 2 aromatic carbocycles. The monoisotopic (exact) mass is 274 g/mol. The number of methoxy groups -OCH3 is 2.